The smallest absolute Gasteiger partial charge is 0.160 e. The van der Waals surface area contributed by atoms with Crippen LogP contribution in [0.15, 0.2) is 288 Å². The van der Waals surface area contributed by atoms with Crippen LogP contribution in [0.1, 0.15) is 0 Å². The molecule has 0 saturated carbocycles. The number of nitrogens with zero attached hydrogens (tertiary/aromatic N) is 6. The zero-order valence-corrected chi connectivity index (χ0v) is 49.5. The molecule has 0 N–H and O–H groups in total. The lowest BCUT2D eigenvalue weighted by molar-refractivity contribution is 0.668. The fourth-order valence-corrected chi connectivity index (χ4v) is 15.8. The fraction of sp³-hybridized carbons (Fsp3) is 0. The van der Waals surface area contributed by atoms with Gasteiger partial charge in [-0.15, -0.1) is 22.7 Å². The normalized spacial score (nSPS) is 12.0. The predicted octanol–water partition coefficient (Wildman–Crippen LogP) is 22.4. The topological polar surface area (TPSA) is 87.7 Å². The molecule has 0 radical (unpaired) electrons. The standard InChI is InChI=1S/2C40H23N3OS/c1-5-16-32-27(12-1)28-13-2-6-17-33(28)43(32)26-11-9-10-25(22-26)40-41-37(39-38(42-40)31-15-4-8-19-36(31)45-39)24-20-21-30-29-14-3-7-18-34(29)44-35(30)23-24;1-5-13-32-27(9-1)28-10-2-6-14-33(28)43(32)26-20-17-24(18-21-26)40-41-37(39-38(42-40)31-12-4-8-16-36(31)45-39)25-19-22-30-29-11-3-7-15-34(29)44-35(30)23-25/h2*1-23H. The molecule has 0 saturated heterocycles. The molecule has 10 heteroatoms. The van der Waals surface area contributed by atoms with Gasteiger partial charge in [-0.2, -0.15) is 0 Å². The molecule has 12 aromatic carbocycles. The molecule has 420 valence electrons. The van der Waals surface area contributed by atoms with Crippen molar-refractivity contribution in [1.29, 1.82) is 0 Å². The van der Waals surface area contributed by atoms with E-state index in [2.05, 4.69) is 264 Å². The summed E-state index contributed by atoms with van der Waals surface area (Å²) in [6, 6.07) is 97.8. The third-order valence-corrected chi connectivity index (χ3v) is 20.0. The highest BCUT2D eigenvalue weighted by Crippen LogP contribution is 2.44. The van der Waals surface area contributed by atoms with Crippen LogP contribution >= 0.6 is 22.7 Å². The van der Waals surface area contributed by atoms with Gasteiger partial charge in [0.2, 0.25) is 0 Å². The van der Waals surface area contributed by atoms with Crippen LogP contribution in [0.25, 0.3) is 185 Å². The Morgan fingerprint density at radius 1 is 0.256 bits per heavy atom. The summed E-state index contributed by atoms with van der Waals surface area (Å²) in [5, 5.41) is 11.7. The lowest BCUT2D eigenvalue weighted by Gasteiger charge is -2.11. The monoisotopic (exact) mass is 1190 g/mol. The van der Waals surface area contributed by atoms with Gasteiger partial charge >= 0.3 is 0 Å². The van der Waals surface area contributed by atoms with Crippen LogP contribution in [-0.4, -0.2) is 29.1 Å². The maximum Gasteiger partial charge on any atom is 0.160 e. The minimum atomic E-state index is 0.702. The van der Waals surface area contributed by atoms with Crippen LogP contribution in [0.4, 0.5) is 0 Å². The Kier molecular flexibility index (Phi) is 11.2. The van der Waals surface area contributed by atoms with E-state index in [4.69, 9.17) is 28.8 Å². The van der Waals surface area contributed by atoms with Crippen molar-refractivity contribution in [2.75, 3.05) is 0 Å². The third kappa shape index (κ3) is 7.92. The van der Waals surface area contributed by atoms with Gasteiger partial charge in [-0.1, -0.05) is 170 Å². The predicted molar refractivity (Wildman–Crippen MR) is 375 cm³/mol. The van der Waals surface area contributed by atoms with Crippen LogP contribution < -0.4 is 0 Å². The summed E-state index contributed by atoms with van der Waals surface area (Å²) >= 11 is 3.48. The zero-order valence-electron chi connectivity index (χ0n) is 47.9. The molecule has 0 aliphatic carbocycles. The molecule has 0 aliphatic heterocycles. The minimum Gasteiger partial charge on any atom is -0.456 e. The SMILES string of the molecule is c1cc(-c2nc(-c3ccc4c(c3)oc3ccccc34)c3sc4ccccc4c3n2)cc(-n2c3ccccc3c3ccccc32)c1.c1ccc2c(c1)oc1cc(-c3nc(-c4ccc(-n5c6ccccc6c6ccccc65)cc4)nc4c3sc3ccccc34)ccc12. The molecule has 8 nitrogen and oxygen atoms in total. The van der Waals surface area contributed by atoms with E-state index in [0.29, 0.717) is 11.6 Å². The fourth-order valence-electron chi connectivity index (χ4n) is 13.5. The summed E-state index contributed by atoms with van der Waals surface area (Å²) in [4.78, 5) is 20.9. The second-order valence-electron chi connectivity index (χ2n) is 22.8. The number of hydrogen-bond acceptors (Lipinski definition) is 8. The number of aromatic nitrogens is 6. The van der Waals surface area contributed by atoms with Crippen molar-refractivity contribution in [3.05, 3.63) is 279 Å². The Balaban J connectivity index is 0.000000130. The number of furan rings is 2. The summed E-state index contributed by atoms with van der Waals surface area (Å²) in [5.41, 5.74) is 18.2. The van der Waals surface area contributed by atoms with E-state index in [1.54, 1.807) is 22.7 Å². The van der Waals surface area contributed by atoms with Crippen LogP contribution in [0.2, 0.25) is 0 Å². The number of thiophene rings is 2. The molecule has 0 unspecified atom stereocenters. The van der Waals surface area contributed by atoms with Gasteiger partial charge in [-0.3, -0.25) is 0 Å². The van der Waals surface area contributed by atoms with Crippen LogP contribution in [0, 0.1) is 0 Å². The quantitative estimate of drug-likeness (QED) is 0.165. The van der Waals surface area contributed by atoms with E-state index in [-0.39, 0.29) is 0 Å². The van der Waals surface area contributed by atoms with Gasteiger partial charge in [0.1, 0.15) is 22.3 Å². The van der Waals surface area contributed by atoms with E-state index in [9.17, 15) is 0 Å². The molecule has 0 atom stereocenters. The first-order valence-corrected chi connectivity index (χ1v) is 31.6. The number of hydrogen-bond donors (Lipinski definition) is 0. The van der Waals surface area contributed by atoms with Crippen molar-refractivity contribution in [3.63, 3.8) is 0 Å². The van der Waals surface area contributed by atoms with Crippen molar-refractivity contribution in [2.24, 2.45) is 0 Å². The number of rotatable bonds is 6. The molecule has 20 aromatic rings. The lowest BCUT2D eigenvalue weighted by atomic mass is 10.1. The second kappa shape index (κ2) is 20.0. The maximum atomic E-state index is 6.29. The third-order valence-electron chi connectivity index (χ3n) is 17.7. The van der Waals surface area contributed by atoms with Gasteiger partial charge in [-0.25, -0.2) is 19.9 Å². The average molecular weight is 1190 g/mol. The first-order chi connectivity index (χ1) is 44.6. The van der Waals surface area contributed by atoms with Crippen molar-refractivity contribution >= 4 is 151 Å². The van der Waals surface area contributed by atoms with E-state index < -0.39 is 0 Å². The first kappa shape index (κ1) is 50.6. The average Bonchev–Trinajstić information content (AvgIpc) is 1.76. The number of fused-ring (bicyclic) bond motifs is 18. The van der Waals surface area contributed by atoms with E-state index in [0.717, 1.165) is 120 Å². The molecular weight excluding hydrogens is 1140 g/mol. The highest BCUT2D eigenvalue weighted by Gasteiger charge is 2.22. The zero-order chi connectivity index (χ0) is 59.0. The number of benzene rings is 12. The van der Waals surface area contributed by atoms with E-state index in [1.165, 1.54) is 53.0 Å². The summed E-state index contributed by atoms with van der Waals surface area (Å²) < 4.78 is 21.8. The molecule has 8 aromatic heterocycles. The summed E-state index contributed by atoms with van der Waals surface area (Å²) in [6.07, 6.45) is 0. The summed E-state index contributed by atoms with van der Waals surface area (Å²) in [6.45, 7) is 0. The summed E-state index contributed by atoms with van der Waals surface area (Å²) in [5.74, 6) is 1.41. The van der Waals surface area contributed by atoms with Gasteiger partial charge in [-0.05, 0) is 109 Å². The molecule has 0 bridgehead atoms. The van der Waals surface area contributed by atoms with Crippen molar-refractivity contribution < 1.29 is 8.83 Å². The van der Waals surface area contributed by atoms with Crippen molar-refractivity contribution in [2.45, 2.75) is 0 Å². The van der Waals surface area contributed by atoms with Crippen molar-refractivity contribution in [3.8, 4) is 56.7 Å². The highest BCUT2D eigenvalue weighted by molar-refractivity contribution is 7.26. The molecule has 0 spiro atoms. The largest absolute Gasteiger partial charge is 0.456 e. The summed E-state index contributed by atoms with van der Waals surface area (Å²) in [7, 11) is 0. The van der Waals surface area contributed by atoms with Crippen LogP contribution in [0.5, 0.6) is 0 Å². The Morgan fingerprint density at radius 3 is 1.11 bits per heavy atom. The molecular formula is C80H46N6O2S2. The minimum absolute atomic E-state index is 0.702. The number of para-hydroxylation sites is 6. The molecule has 0 aliphatic rings. The Bertz CT molecular complexity index is 6210. The molecule has 20 rings (SSSR count). The van der Waals surface area contributed by atoms with Crippen LogP contribution in [-0.2, 0) is 0 Å². The Hall–Kier alpha value is -11.6. The van der Waals surface area contributed by atoms with E-state index >= 15 is 0 Å². The second-order valence-corrected chi connectivity index (χ2v) is 24.9. The van der Waals surface area contributed by atoms with Crippen molar-refractivity contribution in [1.82, 2.24) is 29.1 Å². The Morgan fingerprint density at radius 2 is 0.633 bits per heavy atom. The van der Waals surface area contributed by atoms with Gasteiger partial charge in [0, 0.05) is 96.9 Å². The highest BCUT2D eigenvalue weighted by atomic mass is 32.1. The van der Waals surface area contributed by atoms with Gasteiger partial charge < -0.3 is 18.0 Å². The molecule has 0 fully saturated rings. The maximum absolute atomic E-state index is 6.29. The first-order valence-electron chi connectivity index (χ1n) is 30.0. The Labute approximate surface area is 521 Å². The van der Waals surface area contributed by atoms with Gasteiger partial charge in [0.15, 0.2) is 11.6 Å². The molecule has 0 amide bonds. The van der Waals surface area contributed by atoms with E-state index in [1.807, 2.05) is 24.3 Å². The molecule has 90 heavy (non-hydrogen) atoms. The van der Waals surface area contributed by atoms with Gasteiger partial charge in [0.05, 0.1) is 53.9 Å². The van der Waals surface area contributed by atoms with Crippen LogP contribution in [0.3, 0.4) is 0 Å². The lowest BCUT2D eigenvalue weighted by Crippen LogP contribution is -1.97. The van der Waals surface area contributed by atoms with Gasteiger partial charge in [0.25, 0.3) is 0 Å². The molecule has 8 heterocycles.